The van der Waals surface area contributed by atoms with E-state index >= 15 is 0 Å². The monoisotopic (exact) mass is 350 g/mol. The number of rotatable bonds is 5. The van der Waals surface area contributed by atoms with E-state index in [1.807, 2.05) is 12.1 Å². The van der Waals surface area contributed by atoms with E-state index in [2.05, 4.69) is 9.88 Å². The average Bonchev–Trinajstić information content (AvgIpc) is 2.59. The number of aromatic nitrogens is 1. The topological polar surface area (TPSA) is 45.6 Å². The average molecular weight is 351 g/mol. The van der Waals surface area contributed by atoms with Gasteiger partial charge in [-0.15, -0.1) is 0 Å². The number of hydrogen-bond acceptors (Lipinski definition) is 4. The number of morpholine rings is 1. The molecule has 6 heteroatoms. The third-order valence-electron chi connectivity index (χ3n) is 4.26. The fraction of sp³-hybridized carbons (Fsp3) is 0.389. The van der Waals surface area contributed by atoms with Crippen molar-refractivity contribution in [3.63, 3.8) is 0 Å². The highest BCUT2D eigenvalue weighted by molar-refractivity contribution is 6.30. The molecule has 0 bridgehead atoms. The minimum absolute atomic E-state index is 0.161. The molecule has 3 rings (SSSR count). The minimum Gasteiger partial charge on any atom is -0.393 e. The first kappa shape index (κ1) is 17.3. The summed E-state index contributed by atoms with van der Waals surface area (Å²) in [5, 5.41) is 10.5. The summed E-state index contributed by atoms with van der Waals surface area (Å²) in [6.45, 7) is 2.22. The van der Waals surface area contributed by atoms with Crippen LogP contribution in [-0.2, 0) is 17.7 Å². The smallest absolute Gasteiger partial charge is 0.126 e. The van der Waals surface area contributed by atoms with Crippen LogP contribution in [0.3, 0.4) is 0 Å². The second kappa shape index (κ2) is 7.57. The van der Waals surface area contributed by atoms with Crippen LogP contribution in [0.2, 0.25) is 5.02 Å². The SMILES string of the molecule is OC[C@]1(Cc2ccccc2F)CN(Cc2ccc(Cl)cn2)CCO1. The van der Waals surface area contributed by atoms with E-state index in [1.54, 1.807) is 24.4 Å². The van der Waals surface area contributed by atoms with Crippen LogP contribution in [-0.4, -0.2) is 46.9 Å². The predicted octanol–water partition coefficient (Wildman–Crippen LogP) is 2.68. The van der Waals surface area contributed by atoms with Crippen molar-refractivity contribution < 1.29 is 14.2 Å². The van der Waals surface area contributed by atoms with Gasteiger partial charge in [0.2, 0.25) is 0 Å². The van der Waals surface area contributed by atoms with Gasteiger partial charge in [-0.2, -0.15) is 0 Å². The van der Waals surface area contributed by atoms with Gasteiger partial charge in [-0.1, -0.05) is 29.8 Å². The van der Waals surface area contributed by atoms with E-state index in [4.69, 9.17) is 16.3 Å². The molecule has 2 heterocycles. The fourth-order valence-electron chi connectivity index (χ4n) is 3.03. The summed E-state index contributed by atoms with van der Waals surface area (Å²) in [7, 11) is 0. The Morgan fingerprint density at radius 3 is 2.83 bits per heavy atom. The minimum atomic E-state index is -0.799. The van der Waals surface area contributed by atoms with Gasteiger partial charge >= 0.3 is 0 Å². The van der Waals surface area contributed by atoms with Gasteiger partial charge in [-0.25, -0.2) is 4.39 Å². The second-order valence-electron chi connectivity index (χ2n) is 6.14. The van der Waals surface area contributed by atoms with Crippen LogP contribution >= 0.6 is 11.6 Å². The van der Waals surface area contributed by atoms with Gasteiger partial charge in [0.15, 0.2) is 0 Å². The van der Waals surface area contributed by atoms with Crippen molar-refractivity contribution in [3.05, 3.63) is 64.7 Å². The van der Waals surface area contributed by atoms with Crippen molar-refractivity contribution in [2.45, 2.75) is 18.6 Å². The number of halogens is 2. The van der Waals surface area contributed by atoms with Gasteiger partial charge < -0.3 is 9.84 Å². The van der Waals surface area contributed by atoms with Crippen molar-refractivity contribution in [2.75, 3.05) is 26.3 Å². The lowest BCUT2D eigenvalue weighted by Crippen LogP contribution is -2.55. The highest BCUT2D eigenvalue weighted by Crippen LogP contribution is 2.25. The van der Waals surface area contributed by atoms with Crippen molar-refractivity contribution in [1.29, 1.82) is 0 Å². The molecule has 128 valence electrons. The summed E-state index contributed by atoms with van der Waals surface area (Å²) in [5.41, 5.74) is 0.657. The maximum atomic E-state index is 14.0. The largest absolute Gasteiger partial charge is 0.393 e. The molecule has 24 heavy (non-hydrogen) atoms. The molecule has 0 radical (unpaired) electrons. The normalized spacial score (nSPS) is 21.8. The maximum Gasteiger partial charge on any atom is 0.126 e. The highest BCUT2D eigenvalue weighted by Gasteiger charge is 2.37. The molecule has 0 spiro atoms. The lowest BCUT2D eigenvalue weighted by atomic mass is 9.92. The molecule has 1 saturated heterocycles. The zero-order chi connectivity index (χ0) is 17.0. The Hall–Kier alpha value is -1.53. The molecule has 0 aliphatic carbocycles. The Morgan fingerprint density at radius 1 is 1.29 bits per heavy atom. The van der Waals surface area contributed by atoms with Crippen LogP contribution in [0.25, 0.3) is 0 Å². The van der Waals surface area contributed by atoms with E-state index in [9.17, 15) is 9.50 Å². The number of aliphatic hydroxyl groups excluding tert-OH is 1. The third-order valence-corrected chi connectivity index (χ3v) is 4.48. The molecule has 0 unspecified atom stereocenters. The lowest BCUT2D eigenvalue weighted by molar-refractivity contribution is -0.134. The van der Waals surface area contributed by atoms with Crippen LogP contribution < -0.4 is 0 Å². The van der Waals surface area contributed by atoms with Crippen LogP contribution in [0.15, 0.2) is 42.6 Å². The number of hydrogen-bond donors (Lipinski definition) is 1. The number of pyridine rings is 1. The first-order valence-electron chi connectivity index (χ1n) is 7.91. The summed E-state index contributed by atoms with van der Waals surface area (Å²) in [6.07, 6.45) is 1.96. The van der Waals surface area contributed by atoms with E-state index in [-0.39, 0.29) is 12.4 Å². The fourth-order valence-corrected chi connectivity index (χ4v) is 3.15. The molecule has 2 aromatic rings. The summed E-state index contributed by atoms with van der Waals surface area (Å²) < 4.78 is 19.8. The Morgan fingerprint density at radius 2 is 2.12 bits per heavy atom. The van der Waals surface area contributed by atoms with Gasteiger partial charge in [-0.05, 0) is 23.8 Å². The Labute approximate surface area is 145 Å². The zero-order valence-electron chi connectivity index (χ0n) is 13.3. The summed E-state index contributed by atoms with van der Waals surface area (Å²) >= 11 is 5.86. The van der Waals surface area contributed by atoms with Gasteiger partial charge in [0.05, 0.1) is 23.9 Å². The van der Waals surface area contributed by atoms with Crippen LogP contribution in [0.4, 0.5) is 4.39 Å². The van der Waals surface area contributed by atoms with E-state index in [1.165, 1.54) is 6.07 Å². The van der Waals surface area contributed by atoms with Crippen LogP contribution in [0.5, 0.6) is 0 Å². The summed E-state index contributed by atoms with van der Waals surface area (Å²) in [5.74, 6) is -0.273. The molecule has 1 aromatic carbocycles. The summed E-state index contributed by atoms with van der Waals surface area (Å²) in [4.78, 5) is 6.47. The molecule has 1 atom stereocenters. The molecule has 1 fully saturated rings. The Balaban J connectivity index is 1.72. The predicted molar refractivity (Wildman–Crippen MR) is 90.4 cm³/mol. The zero-order valence-corrected chi connectivity index (χ0v) is 14.0. The standard InChI is InChI=1S/C18H20ClFN2O2/c19-15-5-6-16(21-10-15)11-22-7-8-24-18(12-22,13-23)9-14-3-1-2-4-17(14)20/h1-6,10,23H,7-9,11-13H2/t18-/m0/s1. The molecule has 0 saturated carbocycles. The molecule has 4 nitrogen and oxygen atoms in total. The van der Waals surface area contributed by atoms with Gasteiger partial charge in [0.1, 0.15) is 11.4 Å². The molecule has 0 amide bonds. The van der Waals surface area contributed by atoms with Crippen molar-refractivity contribution in [3.8, 4) is 0 Å². The molecule has 1 aliphatic rings. The Kier molecular flexibility index (Phi) is 5.46. The molecular weight excluding hydrogens is 331 g/mol. The number of ether oxygens (including phenoxy) is 1. The van der Waals surface area contributed by atoms with Gasteiger partial charge in [0, 0.05) is 32.3 Å². The van der Waals surface area contributed by atoms with Crippen molar-refractivity contribution in [1.82, 2.24) is 9.88 Å². The van der Waals surface area contributed by atoms with Gasteiger partial charge in [0.25, 0.3) is 0 Å². The van der Waals surface area contributed by atoms with E-state index in [0.29, 0.717) is 36.7 Å². The molecule has 1 N–H and O–H groups in total. The third kappa shape index (κ3) is 4.11. The van der Waals surface area contributed by atoms with Crippen LogP contribution in [0.1, 0.15) is 11.3 Å². The van der Waals surface area contributed by atoms with Gasteiger partial charge in [-0.3, -0.25) is 9.88 Å². The quantitative estimate of drug-likeness (QED) is 0.900. The maximum absolute atomic E-state index is 14.0. The molecular formula is C18H20ClFN2O2. The lowest BCUT2D eigenvalue weighted by Gasteiger charge is -2.41. The first-order valence-corrected chi connectivity index (χ1v) is 8.29. The molecule has 1 aromatic heterocycles. The second-order valence-corrected chi connectivity index (χ2v) is 6.57. The Bertz CT molecular complexity index is 683. The van der Waals surface area contributed by atoms with E-state index < -0.39 is 5.60 Å². The molecule has 1 aliphatic heterocycles. The number of aliphatic hydroxyl groups is 1. The first-order chi connectivity index (χ1) is 11.6. The highest BCUT2D eigenvalue weighted by atomic mass is 35.5. The number of benzene rings is 1. The van der Waals surface area contributed by atoms with Crippen molar-refractivity contribution >= 4 is 11.6 Å². The number of nitrogens with zero attached hydrogens (tertiary/aromatic N) is 2. The van der Waals surface area contributed by atoms with Crippen LogP contribution in [0, 0.1) is 5.82 Å². The van der Waals surface area contributed by atoms with Crippen molar-refractivity contribution in [2.24, 2.45) is 0 Å². The van der Waals surface area contributed by atoms with E-state index in [0.717, 1.165) is 12.2 Å². The summed E-state index contributed by atoms with van der Waals surface area (Å²) in [6, 6.07) is 10.3.